The van der Waals surface area contributed by atoms with Gasteiger partial charge < -0.3 is 19.4 Å². The molecule has 152 valence electrons. The number of fused-ring (bicyclic) bond motifs is 5. The van der Waals surface area contributed by atoms with Crippen molar-refractivity contribution in [1.82, 2.24) is 15.1 Å². The van der Waals surface area contributed by atoms with Crippen LogP contribution in [0.4, 0.5) is 5.69 Å². The minimum atomic E-state index is -0.640. The second-order valence-corrected chi connectivity index (χ2v) is 7.96. The largest absolute Gasteiger partial charge is 0.489 e. The van der Waals surface area contributed by atoms with Gasteiger partial charge in [-0.05, 0) is 18.6 Å². The fraction of sp³-hybridized carbons (Fsp3) is 0.500. The molecule has 0 aromatic heterocycles. The normalized spacial score (nSPS) is 25.8. The second-order valence-electron chi connectivity index (χ2n) is 7.96. The quantitative estimate of drug-likeness (QED) is 0.662. The summed E-state index contributed by atoms with van der Waals surface area (Å²) in [6, 6.07) is 3.14. The number of imide groups is 1. The van der Waals surface area contributed by atoms with E-state index in [1.165, 1.54) is 4.90 Å². The highest BCUT2D eigenvalue weighted by Crippen LogP contribution is 2.43. The zero-order valence-corrected chi connectivity index (χ0v) is 16.1. The number of carbonyl (C=O) groups is 4. The van der Waals surface area contributed by atoms with E-state index in [1.54, 1.807) is 13.0 Å². The summed E-state index contributed by atoms with van der Waals surface area (Å²) in [4.78, 5) is 54.0. The van der Waals surface area contributed by atoms with Crippen LogP contribution < -0.4 is 15.0 Å². The molecule has 1 aromatic rings. The smallest absolute Gasteiger partial charge is 0.255 e. The van der Waals surface area contributed by atoms with Crippen LogP contribution in [0.2, 0.25) is 0 Å². The van der Waals surface area contributed by atoms with Crippen LogP contribution in [-0.2, 0) is 20.9 Å². The maximum Gasteiger partial charge on any atom is 0.255 e. The third-order valence-electron chi connectivity index (χ3n) is 6.30. The number of piperazine rings is 1. The molecular weight excluding hydrogens is 376 g/mol. The van der Waals surface area contributed by atoms with Gasteiger partial charge in [-0.1, -0.05) is 0 Å². The molecule has 0 spiro atoms. The second kappa shape index (κ2) is 6.47. The van der Waals surface area contributed by atoms with Crippen molar-refractivity contribution in [1.29, 1.82) is 0 Å². The number of nitrogens with zero attached hydrogens (tertiary/aromatic N) is 3. The van der Waals surface area contributed by atoms with E-state index in [4.69, 9.17) is 4.74 Å². The predicted molar refractivity (Wildman–Crippen MR) is 101 cm³/mol. The molecule has 29 heavy (non-hydrogen) atoms. The van der Waals surface area contributed by atoms with Crippen molar-refractivity contribution in [2.75, 3.05) is 31.1 Å². The van der Waals surface area contributed by atoms with Gasteiger partial charge in [0.1, 0.15) is 18.4 Å². The molecule has 9 nitrogen and oxygen atoms in total. The van der Waals surface area contributed by atoms with Crippen LogP contribution in [-0.4, -0.2) is 71.8 Å². The Labute approximate surface area is 167 Å². The zero-order valence-electron chi connectivity index (χ0n) is 16.1. The first-order chi connectivity index (χ1) is 13.9. The van der Waals surface area contributed by atoms with E-state index in [2.05, 4.69) is 10.2 Å². The lowest BCUT2D eigenvalue weighted by Crippen LogP contribution is -2.58. The molecule has 4 aliphatic heterocycles. The Hall–Kier alpha value is -3.10. The molecule has 2 saturated heterocycles. The Morgan fingerprint density at radius 3 is 2.76 bits per heavy atom. The molecule has 0 unspecified atom stereocenters. The van der Waals surface area contributed by atoms with Gasteiger partial charge in [0, 0.05) is 44.1 Å². The molecule has 4 amide bonds. The van der Waals surface area contributed by atoms with E-state index < -0.39 is 11.9 Å². The summed E-state index contributed by atoms with van der Waals surface area (Å²) in [6.45, 7) is 4.30. The van der Waals surface area contributed by atoms with Crippen LogP contribution >= 0.6 is 0 Å². The first-order valence-corrected chi connectivity index (χ1v) is 9.89. The molecule has 0 saturated carbocycles. The standard InChI is InChI=1S/C20H22N4O5/c1-11(25)22-6-7-23-12(8-22)10-29-18-14-9-24(16-4-5-17(26)21-19(16)27)20(28)13(14)2-3-15(18)23/h2-3,12,16H,4-10H2,1H3,(H,21,26,27)/t12-,16-/m0/s1. The number of benzene rings is 1. The molecule has 5 rings (SSSR count). The number of anilines is 1. The number of ether oxygens (including phenoxy) is 1. The van der Waals surface area contributed by atoms with E-state index in [9.17, 15) is 19.2 Å². The average molecular weight is 398 g/mol. The lowest BCUT2D eigenvalue weighted by molar-refractivity contribution is -0.137. The molecule has 4 aliphatic rings. The highest BCUT2D eigenvalue weighted by molar-refractivity contribution is 6.06. The summed E-state index contributed by atoms with van der Waals surface area (Å²) < 4.78 is 6.08. The van der Waals surface area contributed by atoms with Crippen molar-refractivity contribution in [2.24, 2.45) is 0 Å². The van der Waals surface area contributed by atoms with Crippen molar-refractivity contribution in [3.05, 3.63) is 23.3 Å². The lowest BCUT2D eigenvalue weighted by atomic mass is 10.0. The molecule has 0 bridgehead atoms. The number of rotatable bonds is 1. The van der Waals surface area contributed by atoms with Gasteiger partial charge in [-0.2, -0.15) is 0 Å². The number of hydrogen-bond donors (Lipinski definition) is 1. The Morgan fingerprint density at radius 1 is 1.17 bits per heavy atom. The molecule has 2 fully saturated rings. The van der Waals surface area contributed by atoms with Crippen LogP contribution in [0.25, 0.3) is 0 Å². The molecule has 1 aromatic carbocycles. The summed E-state index contributed by atoms with van der Waals surface area (Å²) >= 11 is 0. The molecule has 2 atom stereocenters. The van der Waals surface area contributed by atoms with E-state index in [-0.39, 0.29) is 30.2 Å². The minimum Gasteiger partial charge on any atom is -0.489 e. The van der Waals surface area contributed by atoms with Gasteiger partial charge in [-0.3, -0.25) is 24.5 Å². The van der Waals surface area contributed by atoms with Gasteiger partial charge >= 0.3 is 0 Å². The van der Waals surface area contributed by atoms with Crippen molar-refractivity contribution in [3.63, 3.8) is 0 Å². The number of piperidine rings is 1. The van der Waals surface area contributed by atoms with Crippen LogP contribution in [0.1, 0.15) is 35.7 Å². The third kappa shape index (κ3) is 2.75. The van der Waals surface area contributed by atoms with Crippen molar-refractivity contribution < 1.29 is 23.9 Å². The topological polar surface area (TPSA) is 99.3 Å². The molecule has 4 heterocycles. The van der Waals surface area contributed by atoms with Crippen molar-refractivity contribution in [3.8, 4) is 5.75 Å². The first-order valence-electron chi connectivity index (χ1n) is 9.89. The number of hydrogen-bond acceptors (Lipinski definition) is 6. The highest BCUT2D eigenvalue weighted by atomic mass is 16.5. The Morgan fingerprint density at radius 2 is 2.00 bits per heavy atom. The van der Waals surface area contributed by atoms with Gasteiger partial charge in [-0.15, -0.1) is 0 Å². The number of amides is 4. The van der Waals surface area contributed by atoms with Gasteiger partial charge in [0.2, 0.25) is 17.7 Å². The first kappa shape index (κ1) is 18.0. The van der Waals surface area contributed by atoms with E-state index >= 15 is 0 Å². The molecule has 1 N–H and O–H groups in total. The molecule has 9 heteroatoms. The molecule has 0 radical (unpaired) electrons. The average Bonchev–Trinajstić information content (AvgIpc) is 3.04. The third-order valence-corrected chi connectivity index (χ3v) is 6.30. The summed E-state index contributed by atoms with van der Waals surface area (Å²) in [5.74, 6) is -0.165. The molecule has 0 aliphatic carbocycles. The highest BCUT2D eigenvalue weighted by Gasteiger charge is 2.43. The van der Waals surface area contributed by atoms with E-state index in [1.807, 2.05) is 11.0 Å². The van der Waals surface area contributed by atoms with Gasteiger partial charge in [0.05, 0.1) is 18.3 Å². The summed E-state index contributed by atoms with van der Waals surface area (Å²) in [5.41, 5.74) is 2.28. The summed E-state index contributed by atoms with van der Waals surface area (Å²) in [5, 5.41) is 2.32. The fourth-order valence-corrected chi connectivity index (χ4v) is 4.77. The monoisotopic (exact) mass is 398 g/mol. The zero-order chi connectivity index (χ0) is 20.3. The number of nitrogens with one attached hydrogen (secondary N) is 1. The number of carbonyl (C=O) groups excluding carboxylic acids is 4. The maximum absolute atomic E-state index is 13.0. The predicted octanol–water partition coefficient (Wildman–Crippen LogP) is -0.123. The Balaban J connectivity index is 1.43. The van der Waals surface area contributed by atoms with Gasteiger partial charge in [-0.25, -0.2) is 0 Å². The minimum absolute atomic E-state index is 0.0647. The van der Waals surface area contributed by atoms with E-state index in [0.717, 1.165) is 11.3 Å². The SMILES string of the molecule is CC(=O)N1CCN2c3ccc4c(c3OC[C@@H]2C1)CN([C@H]1CCC(=O)NC1=O)C4=O. The van der Waals surface area contributed by atoms with Crippen LogP contribution in [0.3, 0.4) is 0 Å². The van der Waals surface area contributed by atoms with Gasteiger partial charge in [0.15, 0.2) is 0 Å². The fourth-order valence-electron chi connectivity index (χ4n) is 4.77. The summed E-state index contributed by atoms with van der Waals surface area (Å²) in [6.07, 6.45) is 0.565. The van der Waals surface area contributed by atoms with Crippen LogP contribution in [0.5, 0.6) is 5.75 Å². The maximum atomic E-state index is 13.0. The lowest BCUT2D eigenvalue weighted by Gasteiger charge is -2.45. The van der Waals surface area contributed by atoms with Crippen LogP contribution in [0, 0.1) is 0 Å². The van der Waals surface area contributed by atoms with Crippen molar-refractivity contribution >= 4 is 29.3 Å². The van der Waals surface area contributed by atoms with Crippen molar-refractivity contribution in [2.45, 2.75) is 38.4 Å². The van der Waals surface area contributed by atoms with Gasteiger partial charge in [0.25, 0.3) is 5.91 Å². The van der Waals surface area contributed by atoms with Crippen LogP contribution in [0.15, 0.2) is 12.1 Å². The Bertz CT molecular complexity index is 945. The molecular formula is C20H22N4O5. The summed E-state index contributed by atoms with van der Waals surface area (Å²) in [7, 11) is 0. The van der Waals surface area contributed by atoms with E-state index in [0.29, 0.717) is 50.5 Å². The Kier molecular flexibility index (Phi) is 4.01.